The van der Waals surface area contributed by atoms with Crippen LogP contribution in [0.1, 0.15) is 47.4 Å². The molecule has 226 valence electrons. The molecule has 1 aliphatic heterocycles. The zero-order chi connectivity index (χ0) is 30.8. The van der Waals surface area contributed by atoms with Crippen molar-refractivity contribution < 1.29 is 13.2 Å². The molecule has 1 saturated heterocycles. The van der Waals surface area contributed by atoms with Gasteiger partial charge in [-0.15, -0.1) is 5.54 Å². The minimum atomic E-state index is -3.69. The standard InChI is InChI=1S/C34H42N4O3SSi/c1-25(2)43(26(3)4,27(5)6)23-18-34-35-32-17-16-30(37-19-21-41-22-20-37)24-33(32)38(34)29-14-12-28(13-15-29)36-42(39,40)31-10-8-7-9-11-31/h7-17,24-27,36H,19-22H2,1-6H3. The first-order valence-corrected chi connectivity index (χ1v) is 18.8. The summed E-state index contributed by atoms with van der Waals surface area (Å²) in [5.41, 5.74) is 9.69. The summed E-state index contributed by atoms with van der Waals surface area (Å²) in [5, 5.41) is 0. The molecule has 9 heteroatoms. The van der Waals surface area contributed by atoms with Gasteiger partial charge in [-0.1, -0.05) is 59.7 Å². The minimum Gasteiger partial charge on any atom is -0.378 e. The Hall–Kier alpha value is -3.58. The first kappa shape index (κ1) is 30.9. The average molecular weight is 615 g/mol. The molecular formula is C34H42N4O3SSi. The predicted octanol–water partition coefficient (Wildman–Crippen LogP) is 7.23. The topological polar surface area (TPSA) is 76.5 Å². The summed E-state index contributed by atoms with van der Waals surface area (Å²) in [6.07, 6.45) is 0. The molecule has 0 radical (unpaired) electrons. The lowest BCUT2D eigenvalue weighted by atomic mass is 10.2. The normalized spacial score (nSPS) is 14.4. The van der Waals surface area contributed by atoms with Crippen LogP contribution in [0.5, 0.6) is 0 Å². The quantitative estimate of drug-likeness (QED) is 0.167. The molecule has 0 bridgehead atoms. The van der Waals surface area contributed by atoms with Crippen molar-refractivity contribution in [3.05, 3.63) is 78.6 Å². The highest BCUT2D eigenvalue weighted by atomic mass is 32.2. The van der Waals surface area contributed by atoms with Crippen molar-refractivity contribution in [1.29, 1.82) is 0 Å². The molecule has 0 saturated carbocycles. The van der Waals surface area contributed by atoms with Gasteiger partial charge in [-0.2, -0.15) is 0 Å². The second-order valence-corrected chi connectivity index (χ2v) is 19.4. The molecule has 0 spiro atoms. The molecule has 0 atom stereocenters. The van der Waals surface area contributed by atoms with E-state index in [-0.39, 0.29) is 4.90 Å². The molecule has 7 nitrogen and oxygen atoms in total. The smallest absolute Gasteiger partial charge is 0.261 e. The molecular weight excluding hydrogens is 573 g/mol. The number of anilines is 2. The first-order valence-electron chi connectivity index (χ1n) is 15.1. The number of rotatable bonds is 8. The summed E-state index contributed by atoms with van der Waals surface area (Å²) in [6, 6.07) is 22.2. The van der Waals surface area contributed by atoms with Crippen LogP contribution in [0.15, 0.2) is 77.7 Å². The van der Waals surface area contributed by atoms with E-state index >= 15 is 0 Å². The largest absolute Gasteiger partial charge is 0.378 e. The van der Waals surface area contributed by atoms with Crippen molar-refractivity contribution in [3.63, 3.8) is 0 Å². The third-order valence-electron chi connectivity index (χ3n) is 8.70. The molecule has 0 unspecified atom stereocenters. The number of hydrogen-bond donors (Lipinski definition) is 1. The number of sulfonamides is 1. The number of aromatic nitrogens is 2. The maximum atomic E-state index is 12.9. The van der Waals surface area contributed by atoms with E-state index in [9.17, 15) is 8.42 Å². The van der Waals surface area contributed by atoms with Crippen molar-refractivity contribution in [2.45, 2.75) is 63.1 Å². The second-order valence-electron chi connectivity index (χ2n) is 12.2. The number of nitrogens with zero attached hydrogens (tertiary/aromatic N) is 3. The number of hydrogen-bond acceptors (Lipinski definition) is 5. The van der Waals surface area contributed by atoms with Crippen LogP contribution in [-0.2, 0) is 14.8 Å². The monoisotopic (exact) mass is 614 g/mol. The van der Waals surface area contributed by atoms with Crippen molar-refractivity contribution >= 4 is 40.5 Å². The van der Waals surface area contributed by atoms with Gasteiger partial charge in [-0.25, -0.2) is 13.4 Å². The Morgan fingerprint density at radius 1 is 0.837 bits per heavy atom. The Morgan fingerprint density at radius 2 is 1.44 bits per heavy atom. The fraction of sp³-hybridized carbons (Fsp3) is 0.382. The molecule has 2 heterocycles. The SMILES string of the molecule is CC(C)[Si](C#Cc1nc2ccc(N3CCOCC3)cc2n1-c1ccc(NS(=O)(=O)c2ccccc2)cc1)(C(C)C)C(C)C. The lowest BCUT2D eigenvalue weighted by Gasteiger charge is -2.38. The van der Waals surface area contributed by atoms with Gasteiger partial charge in [-0.3, -0.25) is 9.29 Å². The van der Waals surface area contributed by atoms with E-state index in [1.165, 1.54) is 0 Å². The Balaban J connectivity index is 1.61. The minimum absolute atomic E-state index is 0.223. The summed E-state index contributed by atoms with van der Waals surface area (Å²) in [5.74, 6) is 4.28. The molecule has 3 aromatic carbocycles. The number of ether oxygens (including phenoxy) is 1. The van der Waals surface area contributed by atoms with E-state index in [0.717, 1.165) is 35.5 Å². The van der Waals surface area contributed by atoms with E-state index in [1.807, 2.05) is 12.1 Å². The van der Waals surface area contributed by atoms with E-state index in [0.29, 0.717) is 41.3 Å². The highest BCUT2D eigenvalue weighted by Crippen LogP contribution is 2.41. The molecule has 5 rings (SSSR count). The average Bonchev–Trinajstić information content (AvgIpc) is 3.35. The molecule has 4 aromatic rings. The number of benzene rings is 3. The fourth-order valence-electron chi connectivity index (χ4n) is 6.52. The van der Waals surface area contributed by atoms with E-state index in [2.05, 4.69) is 85.4 Å². The first-order chi connectivity index (χ1) is 20.5. The third-order valence-corrected chi connectivity index (χ3v) is 16.4. The Labute approximate surface area is 257 Å². The summed E-state index contributed by atoms with van der Waals surface area (Å²) < 4.78 is 36.2. The summed E-state index contributed by atoms with van der Waals surface area (Å²) >= 11 is 0. The molecule has 1 aromatic heterocycles. The lowest BCUT2D eigenvalue weighted by Crippen LogP contribution is -2.43. The molecule has 43 heavy (non-hydrogen) atoms. The Morgan fingerprint density at radius 3 is 2.05 bits per heavy atom. The van der Waals surface area contributed by atoms with Crippen LogP contribution in [0.25, 0.3) is 16.7 Å². The van der Waals surface area contributed by atoms with Crippen LogP contribution in [-0.4, -0.2) is 52.3 Å². The van der Waals surface area contributed by atoms with Crippen LogP contribution < -0.4 is 9.62 Å². The number of morpholine rings is 1. The van der Waals surface area contributed by atoms with Gasteiger partial charge in [0.05, 0.1) is 29.1 Å². The van der Waals surface area contributed by atoms with E-state index in [4.69, 9.17) is 9.72 Å². The van der Waals surface area contributed by atoms with Crippen molar-refractivity contribution in [1.82, 2.24) is 9.55 Å². The Kier molecular flexibility index (Phi) is 9.02. The van der Waals surface area contributed by atoms with Gasteiger partial charge in [0.15, 0.2) is 5.82 Å². The summed E-state index contributed by atoms with van der Waals surface area (Å²) in [6.45, 7) is 17.0. The van der Waals surface area contributed by atoms with Gasteiger partial charge in [0.2, 0.25) is 0 Å². The van der Waals surface area contributed by atoms with Gasteiger partial charge in [-0.05, 0) is 77.1 Å². The highest BCUT2D eigenvalue weighted by molar-refractivity contribution is 7.92. The highest BCUT2D eigenvalue weighted by Gasteiger charge is 2.41. The van der Waals surface area contributed by atoms with Crippen LogP contribution in [0.4, 0.5) is 11.4 Å². The zero-order valence-corrected chi connectivity index (χ0v) is 27.8. The molecule has 0 aliphatic carbocycles. The summed E-state index contributed by atoms with van der Waals surface area (Å²) in [4.78, 5) is 7.59. The second kappa shape index (κ2) is 12.6. The van der Waals surface area contributed by atoms with Crippen molar-refractivity contribution in [3.8, 4) is 17.2 Å². The molecule has 0 amide bonds. The number of nitrogens with one attached hydrogen (secondary N) is 1. The van der Waals surface area contributed by atoms with Crippen molar-refractivity contribution in [2.75, 3.05) is 35.9 Å². The molecule has 1 fully saturated rings. The third kappa shape index (κ3) is 6.23. The van der Waals surface area contributed by atoms with Crippen LogP contribution in [0, 0.1) is 11.5 Å². The van der Waals surface area contributed by atoms with Crippen LogP contribution in [0.3, 0.4) is 0 Å². The number of imidazole rings is 1. The van der Waals surface area contributed by atoms with Gasteiger partial charge >= 0.3 is 0 Å². The van der Waals surface area contributed by atoms with Gasteiger partial charge in [0, 0.05) is 30.2 Å². The lowest BCUT2D eigenvalue weighted by molar-refractivity contribution is 0.122. The zero-order valence-electron chi connectivity index (χ0n) is 26.0. The maximum absolute atomic E-state index is 12.9. The van der Waals surface area contributed by atoms with Gasteiger partial charge in [0.1, 0.15) is 8.07 Å². The summed E-state index contributed by atoms with van der Waals surface area (Å²) in [7, 11) is -5.70. The number of fused-ring (bicyclic) bond motifs is 1. The van der Waals surface area contributed by atoms with E-state index in [1.54, 1.807) is 42.5 Å². The van der Waals surface area contributed by atoms with E-state index < -0.39 is 18.1 Å². The predicted molar refractivity (Wildman–Crippen MR) is 179 cm³/mol. The maximum Gasteiger partial charge on any atom is 0.261 e. The Bertz CT molecular complexity index is 1710. The molecule has 1 N–H and O–H groups in total. The van der Waals surface area contributed by atoms with Crippen molar-refractivity contribution in [2.24, 2.45) is 0 Å². The van der Waals surface area contributed by atoms with Gasteiger partial charge < -0.3 is 9.64 Å². The van der Waals surface area contributed by atoms with Gasteiger partial charge in [0.25, 0.3) is 10.0 Å². The molecule has 1 aliphatic rings. The van der Waals surface area contributed by atoms with Crippen LogP contribution >= 0.6 is 0 Å². The fourth-order valence-corrected chi connectivity index (χ4v) is 12.8. The van der Waals surface area contributed by atoms with Crippen LogP contribution in [0.2, 0.25) is 16.6 Å².